The first-order chi connectivity index (χ1) is 20.4. The van der Waals surface area contributed by atoms with Crippen LogP contribution in [0.3, 0.4) is 0 Å². The van der Waals surface area contributed by atoms with Gasteiger partial charge in [-0.05, 0) is 92.6 Å². The number of likely N-dealkylation sites (tertiary alicyclic amines) is 1. The molecule has 0 spiro atoms. The molecule has 2 heterocycles. The maximum Gasteiger partial charge on any atom is 0.245 e. The number of carbonyl (C=O) groups excluding carboxylic acids is 2. The Morgan fingerprint density at radius 1 is 0.881 bits per heavy atom. The van der Waals surface area contributed by atoms with Gasteiger partial charge in [-0.15, -0.1) is 0 Å². The zero-order chi connectivity index (χ0) is 29.7. The molecule has 224 valence electrons. The lowest BCUT2D eigenvalue weighted by Crippen LogP contribution is -2.55. The highest BCUT2D eigenvalue weighted by atomic mass is 16.5. The second-order valence-electron chi connectivity index (χ2n) is 11.8. The van der Waals surface area contributed by atoms with Crippen LogP contribution in [0.4, 0.5) is 0 Å². The van der Waals surface area contributed by atoms with Crippen molar-refractivity contribution in [3.63, 3.8) is 0 Å². The predicted octanol–water partition coefficient (Wildman–Crippen LogP) is 5.29. The van der Waals surface area contributed by atoms with E-state index in [0.29, 0.717) is 25.4 Å². The summed E-state index contributed by atoms with van der Waals surface area (Å²) >= 11 is 0. The van der Waals surface area contributed by atoms with E-state index in [1.807, 2.05) is 78.7 Å². The van der Waals surface area contributed by atoms with Crippen LogP contribution in [-0.4, -0.2) is 65.4 Å². The third-order valence-corrected chi connectivity index (χ3v) is 7.97. The second kappa shape index (κ2) is 16.1. The maximum absolute atomic E-state index is 13.9. The van der Waals surface area contributed by atoms with Gasteiger partial charge in [0.15, 0.2) is 0 Å². The van der Waals surface area contributed by atoms with Crippen molar-refractivity contribution < 1.29 is 14.3 Å². The summed E-state index contributed by atoms with van der Waals surface area (Å²) in [4.78, 5) is 35.9. The van der Waals surface area contributed by atoms with E-state index in [0.717, 1.165) is 67.8 Å². The molecular weight excluding hydrogens is 524 g/mol. The number of pyridine rings is 1. The first-order valence-electron chi connectivity index (χ1n) is 15.3. The van der Waals surface area contributed by atoms with E-state index in [-0.39, 0.29) is 11.8 Å². The predicted molar refractivity (Wildman–Crippen MR) is 167 cm³/mol. The zero-order valence-electron chi connectivity index (χ0n) is 25.4. The lowest BCUT2D eigenvalue weighted by Gasteiger charge is -2.33. The van der Waals surface area contributed by atoms with Crippen LogP contribution in [0.1, 0.15) is 56.2 Å². The zero-order valence-corrected chi connectivity index (χ0v) is 25.4. The lowest BCUT2D eigenvalue weighted by atomic mass is 10.0. The highest BCUT2D eigenvalue weighted by molar-refractivity contribution is 5.90. The standard InChI is InChI=1S/C35H46N4O3/c1-27(2)18-23-38(3)33(25-29-16-19-36-20-17-29)34(40)37-32(35(41)39-21-8-5-9-22-39)24-28-12-14-31(15-13-28)42-26-30-10-6-4-7-11-30/h4,6-7,10-17,19-20,27,32-33H,5,8-9,18,21-26H2,1-3H3,(H,37,40). The van der Waals surface area contributed by atoms with Gasteiger partial charge < -0.3 is 15.0 Å². The van der Waals surface area contributed by atoms with Gasteiger partial charge in [0, 0.05) is 31.9 Å². The van der Waals surface area contributed by atoms with E-state index in [4.69, 9.17) is 4.74 Å². The van der Waals surface area contributed by atoms with Gasteiger partial charge in [0.1, 0.15) is 18.4 Å². The number of aromatic nitrogens is 1. The van der Waals surface area contributed by atoms with Crippen molar-refractivity contribution in [1.82, 2.24) is 20.1 Å². The Hall–Kier alpha value is -3.71. The van der Waals surface area contributed by atoms with Crippen molar-refractivity contribution in [2.75, 3.05) is 26.7 Å². The van der Waals surface area contributed by atoms with Crippen molar-refractivity contribution >= 4 is 11.8 Å². The van der Waals surface area contributed by atoms with Crippen molar-refractivity contribution in [3.05, 3.63) is 95.8 Å². The number of nitrogens with one attached hydrogen (secondary N) is 1. The van der Waals surface area contributed by atoms with Gasteiger partial charge in [-0.2, -0.15) is 0 Å². The van der Waals surface area contributed by atoms with Gasteiger partial charge in [-0.1, -0.05) is 56.3 Å². The average Bonchev–Trinajstić information content (AvgIpc) is 3.02. The van der Waals surface area contributed by atoms with Crippen LogP contribution in [-0.2, 0) is 29.0 Å². The van der Waals surface area contributed by atoms with E-state index < -0.39 is 12.1 Å². The summed E-state index contributed by atoms with van der Waals surface area (Å²) in [5, 5.41) is 3.19. The highest BCUT2D eigenvalue weighted by Gasteiger charge is 2.31. The Kier molecular flexibility index (Phi) is 11.9. The molecule has 7 heteroatoms. The van der Waals surface area contributed by atoms with Gasteiger partial charge in [0.05, 0.1) is 6.04 Å². The van der Waals surface area contributed by atoms with Gasteiger partial charge in [-0.3, -0.25) is 19.5 Å². The normalized spacial score (nSPS) is 14.9. The van der Waals surface area contributed by atoms with Gasteiger partial charge >= 0.3 is 0 Å². The molecule has 2 atom stereocenters. The molecule has 2 amide bonds. The SMILES string of the molecule is CC(C)CCN(C)C(Cc1ccncc1)C(=O)NC(Cc1ccc(OCc2ccccc2)cc1)C(=O)N1CCCCC1. The molecule has 1 aromatic heterocycles. The summed E-state index contributed by atoms with van der Waals surface area (Å²) in [6.07, 6.45) is 8.64. The van der Waals surface area contributed by atoms with Crippen LogP contribution < -0.4 is 10.1 Å². The molecule has 1 fully saturated rings. The number of likely N-dealkylation sites (N-methyl/N-ethyl adjacent to an activating group) is 1. The Labute approximate surface area is 251 Å². The molecule has 42 heavy (non-hydrogen) atoms. The number of hydrogen-bond donors (Lipinski definition) is 1. The second-order valence-corrected chi connectivity index (χ2v) is 11.8. The largest absolute Gasteiger partial charge is 0.489 e. The number of rotatable bonds is 14. The summed E-state index contributed by atoms with van der Waals surface area (Å²) in [6.45, 7) is 7.16. The Morgan fingerprint density at radius 2 is 1.55 bits per heavy atom. The van der Waals surface area contributed by atoms with E-state index in [1.165, 1.54) is 0 Å². The molecule has 0 aliphatic carbocycles. The smallest absolute Gasteiger partial charge is 0.245 e. The molecule has 1 N–H and O–H groups in total. The first kappa shape index (κ1) is 31.2. The van der Waals surface area contributed by atoms with Crippen molar-refractivity contribution in [1.29, 1.82) is 0 Å². The Bertz CT molecular complexity index is 1230. The molecule has 0 radical (unpaired) electrons. The number of benzene rings is 2. The van der Waals surface area contributed by atoms with Gasteiger partial charge in [0.2, 0.25) is 11.8 Å². The fourth-order valence-corrected chi connectivity index (χ4v) is 5.31. The van der Waals surface area contributed by atoms with E-state index >= 15 is 0 Å². The van der Waals surface area contributed by atoms with E-state index in [9.17, 15) is 9.59 Å². The monoisotopic (exact) mass is 570 g/mol. The maximum atomic E-state index is 13.9. The van der Waals surface area contributed by atoms with Crippen molar-refractivity contribution in [2.45, 2.75) is 71.1 Å². The third kappa shape index (κ3) is 9.69. The number of nitrogens with zero attached hydrogens (tertiary/aromatic N) is 3. The summed E-state index contributed by atoms with van der Waals surface area (Å²) in [7, 11) is 2.00. The number of carbonyl (C=O) groups is 2. The topological polar surface area (TPSA) is 74.8 Å². The molecular formula is C35H46N4O3. The molecule has 2 aromatic carbocycles. The summed E-state index contributed by atoms with van der Waals surface area (Å²) in [5.74, 6) is 1.19. The average molecular weight is 571 g/mol. The first-order valence-corrected chi connectivity index (χ1v) is 15.3. The lowest BCUT2D eigenvalue weighted by molar-refractivity contribution is -0.138. The minimum Gasteiger partial charge on any atom is -0.489 e. The van der Waals surface area contributed by atoms with E-state index in [2.05, 4.69) is 29.0 Å². The molecule has 1 aliphatic heterocycles. The highest BCUT2D eigenvalue weighted by Crippen LogP contribution is 2.18. The number of amides is 2. The number of hydrogen-bond acceptors (Lipinski definition) is 5. The molecule has 2 unspecified atom stereocenters. The minimum atomic E-state index is -0.634. The summed E-state index contributed by atoms with van der Waals surface area (Å²) < 4.78 is 5.96. The van der Waals surface area contributed by atoms with Crippen molar-refractivity contribution in [3.8, 4) is 5.75 Å². The van der Waals surface area contributed by atoms with Gasteiger partial charge in [-0.25, -0.2) is 0 Å². The molecule has 7 nitrogen and oxygen atoms in total. The minimum absolute atomic E-state index is 0.0000475. The molecule has 3 aromatic rings. The van der Waals surface area contributed by atoms with Crippen LogP contribution in [0.15, 0.2) is 79.1 Å². The van der Waals surface area contributed by atoms with Crippen LogP contribution in [0, 0.1) is 5.92 Å². The van der Waals surface area contributed by atoms with Gasteiger partial charge in [0.25, 0.3) is 0 Å². The molecule has 0 bridgehead atoms. The van der Waals surface area contributed by atoms with Crippen LogP contribution in [0.5, 0.6) is 5.75 Å². The fourth-order valence-electron chi connectivity index (χ4n) is 5.31. The number of ether oxygens (including phenoxy) is 1. The van der Waals surface area contributed by atoms with Crippen LogP contribution in [0.25, 0.3) is 0 Å². The Morgan fingerprint density at radius 3 is 2.21 bits per heavy atom. The third-order valence-electron chi connectivity index (χ3n) is 7.97. The summed E-state index contributed by atoms with van der Waals surface area (Å²) in [5.41, 5.74) is 3.14. The molecule has 1 aliphatic rings. The quantitative estimate of drug-likeness (QED) is 0.285. The van der Waals surface area contributed by atoms with Crippen molar-refractivity contribution in [2.24, 2.45) is 5.92 Å². The van der Waals surface area contributed by atoms with E-state index in [1.54, 1.807) is 12.4 Å². The molecule has 4 rings (SSSR count). The fraction of sp³-hybridized carbons (Fsp3) is 0.457. The van der Waals surface area contributed by atoms with Crippen LogP contribution in [0.2, 0.25) is 0 Å². The summed E-state index contributed by atoms with van der Waals surface area (Å²) in [6, 6.07) is 20.8. The molecule has 0 saturated carbocycles. The van der Waals surface area contributed by atoms with Crippen LogP contribution >= 0.6 is 0 Å². The number of piperidine rings is 1. The molecule has 1 saturated heterocycles. The Balaban J connectivity index is 1.48.